The summed E-state index contributed by atoms with van der Waals surface area (Å²) in [6.45, 7) is 4.18. The molecule has 0 saturated carbocycles. The number of carbonyl (C=O) groups excluding carboxylic acids is 1. The van der Waals surface area contributed by atoms with Gasteiger partial charge in [-0.1, -0.05) is 55.5 Å². The van der Waals surface area contributed by atoms with Crippen LogP contribution in [-0.2, 0) is 6.54 Å². The highest BCUT2D eigenvalue weighted by Crippen LogP contribution is 2.25. The van der Waals surface area contributed by atoms with Crippen LogP contribution in [0.5, 0.6) is 0 Å². The molecule has 0 aliphatic rings. The smallest absolute Gasteiger partial charge is 0.272 e. The molecule has 2 heterocycles. The summed E-state index contributed by atoms with van der Waals surface area (Å²) in [5.41, 5.74) is 3.55. The van der Waals surface area contributed by atoms with Gasteiger partial charge in [0.25, 0.3) is 5.91 Å². The number of nitrogens with zero attached hydrogens (tertiary/aromatic N) is 4. The number of hydrogen-bond donors (Lipinski definition) is 3. The van der Waals surface area contributed by atoms with Crippen LogP contribution in [-0.4, -0.2) is 48.9 Å². The number of amides is 1. The second kappa shape index (κ2) is 8.46. The van der Waals surface area contributed by atoms with Crippen LogP contribution in [0.1, 0.15) is 29.9 Å². The number of H-pyrrole nitrogens is 1. The monoisotopic (exact) mass is 404 g/mol. The van der Waals surface area contributed by atoms with Gasteiger partial charge in [-0.2, -0.15) is 5.10 Å². The van der Waals surface area contributed by atoms with Crippen LogP contribution in [0.15, 0.2) is 54.7 Å². The number of fused-ring (bicyclic) bond motifs is 1. The van der Waals surface area contributed by atoms with E-state index in [1.165, 1.54) is 0 Å². The van der Waals surface area contributed by atoms with Gasteiger partial charge in [0.1, 0.15) is 5.69 Å². The second-order valence-electron chi connectivity index (χ2n) is 7.61. The maximum absolute atomic E-state index is 13.3. The maximum Gasteiger partial charge on any atom is 0.272 e. The van der Waals surface area contributed by atoms with E-state index in [2.05, 4.69) is 25.8 Å². The van der Waals surface area contributed by atoms with Crippen molar-refractivity contribution in [3.05, 3.63) is 66.0 Å². The van der Waals surface area contributed by atoms with Gasteiger partial charge in [0.15, 0.2) is 5.69 Å². The number of aromatic amines is 1. The molecule has 0 aliphatic carbocycles. The van der Waals surface area contributed by atoms with Crippen LogP contribution in [0.25, 0.3) is 22.2 Å². The first-order valence-electron chi connectivity index (χ1n) is 9.89. The van der Waals surface area contributed by atoms with Crippen molar-refractivity contribution >= 4 is 16.8 Å². The predicted molar refractivity (Wildman–Crippen MR) is 114 cm³/mol. The fourth-order valence-corrected chi connectivity index (χ4v) is 3.35. The fraction of sp³-hybridized carbons (Fsp3) is 0.273. The molecule has 4 rings (SSSR count). The van der Waals surface area contributed by atoms with Crippen molar-refractivity contribution in [1.82, 2.24) is 30.5 Å². The standard InChI is InChI=1S/C22H24N6O2/c1-14(2)19(13-29)24-22(30)21-20(16-8-9-18-17(10-16)11-23-25-18)26-27-28(21)12-15-6-4-3-5-7-15/h3-11,14,19,29H,12-13H2,1-2H3,(H,23,25)(H,24,30)/t19-/m1/s1. The van der Waals surface area contributed by atoms with E-state index in [0.717, 1.165) is 22.0 Å². The number of aromatic nitrogens is 5. The number of aliphatic hydroxyl groups is 1. The SMILES string of the molecule is CC(C)[C@@H](CO)NC(=O)c1c(-c2ccc3[nH]ncc3c2)nnn1Cc1ccccc1. The van der Waals surface area contributed by atoms with E-state index in [0.29, 0.717) is 17.9 Å². The van der Waals surface area contributed by atoms with Crippen molar-refractivity contribution in [2.24, 2.45) is 5.92 Å². The van der Waals surface area contributed by atoms with E-state index >= 15 is 0 Å². The lowest BCUT2D eigenvalue weighted by atomic mass is 10.0. The fourth-order valence-electron chi connectivity index (χ4n) is 3.35. The third kappa shape index (κ3) is 3.95. The van der Waals surface area contributed by atoms with Crippen molar-refractivity contribution in [3.8, 4) is 11.3 Å². The van der Waals surface area contributed by atoms with Crippen molar-refractivity contribution in [1.29, 1.82) is 0 Å². The molecule has 0 saturated heterocycles. The normalized spacial score (nSPS) is 12.4. The molecule has 2 aromatic carbocycles. The number of benzene rings is 2. The zero-order valence-electron chi connectivity index (χ0n) is 16.9. The lowest BCUT2D eigenvalue weighted by Crippen LogP contribution is -2.42. The summed E-state index contributed by atoms with van der Waals surface area (Å²) in [7, 11) is 0. The first-order valence-corrected chi connectivity index (χ1v) is 9.89. The van der Waals surface area contributed by atoms with Crippen LogP contribution >= 0.6 is 0 Å². The largest absolute Gasteiger partial charge is 0.394 e. The molecule has 8 nitrogen and oxygen atoms in total. The minimum Gasteiger partial charge on any atom is -0.394 e. The first-order chi connectivity index (χ1) is 14.6. The summed E-state index contributed by atoms with van der Waals surface area (Å²) in [6.07, 6.45) is 1.73. The summed E-state index contributed by atoms with van der Waals surface area (Å²) >= 11 is 0. The molecule has 2 aromatic heterocycles. The van der Waals surface area contributed by atoms with Crippen LogP contribution in [0.3, 0.4) is 0 Å². The van der Waals surface area contributed by atoms with Gasteiger partial charge in [-0.05, 0) is 23.6 Å². The third-order valence-electron chi connectivity index (χ3n) is 5.16. The highest BCUT2D eigenvalue weighted by Gasteiger charge is 2.25. The van der Waals surface area contributed by atoms with E-state index in [1.54, 1.807) is 10.9 Å². The van der Waals surface area contributed by atoms with Gasteiger partial charge < -0.3 is 10.4 Å². The van der Waals surface area contributed by atoms with Crippen LogP contribution in [0.2, 0.25) is 0 Å². The first kappa shape index (κ1) is 19.8. The molecule has 1 amide bonds. The van der Waals surface area contributed by atoms with Gasteiger partial charge in [-0.15, -0.1) is 5.10 Å². The summed E-state index contributed by atoms with van der Waals surface area (Å²) in [6, 6.07) is 15.1. The maximum atomic E-state index is 13.3. The molecular formula is C22H24N6O2. The quantitative estimate of drug-likeness (QED) is 0.439. The molecule has 0 radical (unpaired) electrons. The highest BCUT2D eigenvalue weighted by molar-refractivity contribution is 5.99. The summed E-state index contributed by atoms with van der Waals surface area (Å²) < 4.78 is 1.61. The van der Waals surface area contributed by atoms with Crippen LogP contribution in [0.4, 0.5) is 0 Å². The van der Waals surface area contributed by atoms with Crippen molar-refractivity contribution in [2.75, 3.05) is 6.61 Å². The molecule has 0 unspecified atom stereocenters. The molecule has 154 valence electrons. The van der Waals surface area contributed by atoms with Gasteiger partial charge in [0, 0.05) is 10.9 Å². The Labute approximate surface area is 173 Å². The Morgan fingerprint density at radius 2 is 2.00 bits per heavy atom. The van der Waals surface area contributed by atoms with Gasteiger partial charge >= 0.3 is 0 Å². The Bertz CT molecular complexity index is 1150. The van der Waals surface area contributed by atoms with E-state index in [1.807, 2.05) is 62.4 Å². The topological polar surface area (TPSA) is 109 Å². The lowest BCUT2D eigenvalue weighted by Gasteiger charge is -2.20. The zero-order valence-corrected chi connectivity index (χ0v) is 16.9. The van der Waals surface area contributed by atoms with E-state index < -0.39 is 0 Å². The van der Waals surface area contributed by atoms with E-state index in [9.17, 15) is 9.90 Å². The predicted octanol–water partition coefficient (Wildman–Crippen LogP) is 2.62. The average molecular weight is 404 g/mol. The molecule has 1 atom stereocenters. The molecule has 4 aromatic rings. The lowest BCUT2D eigenvalue weighted by molar-refractivity contribution is 0.0887. The van der Waals surface area contributed by atoms with Gasteiger partial charge in [-0.25, -0.2) is 4.68 Å². The molecular weight excluding hydrogens is 380 g/mol. The Balaban J connectivity index is 1.76. The van der Waals surface area contributed by atoms with Gasteiger partial charge in [0.2, 0.25) is 0 Å². The van der Waals surface area contributed by atoms with Crippen LogP contribution in [0, 0.1) is 5.92 Å². The number of nitrogens with one attached hydrogen (secondary N) is 2. The van der Waals surface area contributed by atoms with Crippen molar-refractivity contribution < 1.29 is 9.90 Å². The highest BCUT2D eigenvalue weighted by atomic mass is 16.3. The Morgan fingerprint density at radius 1 is 1.20 bits per heavy atom. The average Bonchev–Trinajstić information content (AvgIpc) is 3.38. The second-order valence-corrected chi connectivity index (χ2v) is 7.61. The van der Waals surface area contributed by atoms with E-state index in [4.69, 9.17) is 0 Å². The van der Waals surface area contributed by atoms with Gasteiger partial charge in [0.05, 0.1) is 30.9 Å². The van der Waals surface area contributed by atoms with Crippen molar-refractivity contribution in [2.45, 2.75) is 26.4 Å². The molecule has 30 heavy (non-hydrogen) atoms. The number of rotatable bonds is 7. The minimum atomic E-state index is -0.359. The summed E-state index contributed by atoms with van der Waals surface area (Å²) in [4.78, 5) is 13.3. The number of aliphatic hydroxyl groups excluding tert-OH is 1. The molecule has 8 heteroatoms. The van der Waals surface area contributed by atoms with Crippen molar-refractivity contribution in [3.63, 3.8) is 0 Å². The molecule has 0 aliphatic heterocycles. The Morgan fingerprint density at radius 3 is 2.73 bits per heavy atom. The summed E-state index contributed by atoms with van der Waals surface area (Å²) in [5, 5.41) is 29.1. The molecule has 0 fully saturated rings. The minimum absolute atomic E-state index is 0.0862. The third-order valence-corrected chi connectivity index (χ3v) is 5.16. The summed E-state index contributed by atoms with van der Waals surface area (Å²) in [5.74, 6) is -0.228. The molecule has 0 bridgehead atoms. The number of hydrogen-bond acceptors (Lipinski definition) is 5. The van der Waals surface area contributed by atoms with E-state index in [-0.39, 0.29) is 24.5 Å². The van der Waals surface area contributed by atoms with Gasteiger partial charge in [-0.3, -0.25) is 9.89 Å². The molecule has 3 N–H and O–H groups in total. The Hall–Kier alpha value is -3.52. The Kier molecular flexibility index (Phi) is 5.58. The number of carbonyl (C=O) groups is 1. The zero-order chi connectivity index (χ0) is 21.1. The molecule has 0 spiro atoms. The van der Waals surface area contributed by atoms with Crippen LogP contribution < -0.4 is 5.32 Å².